The summed E-state index contributed by atoms with van der Waals surface area (Å²) in [5.41, 5.74) is 0.699. The zero-order valence-corrected chi connectivity index (χ0v) is 11.9. The fourth-order valence-corrected chi connectivity index (χ4v) is 3.22. The molecule has 3 heterocycles. The highest BCUT2D eigenvalue weighted by atomic mass is 16.5. The molecule has 1 aromatic heterocycles. The molecular formula is C15H20N2O3. The highest BCUT2D eigenvalue weighted by molar-refractivity contribution is 5.98. The maximum atomic E-state index is 12.7. The van der Waals surface area contributed by atoms with Gasteiger partial charge in [-0.1, -0.05) is 0 Å². The number of fused-ring (bicyclic) bond motifs is 2. The predicted molar refractivity (Wildman–Crippen MR) is 74.0 cm³/mol. The number of pyridine rings is 1. The third-order valence-corrected chi connectivity index (χ3v) is 4.48. The minimum atomic E-state index is 0.0807. The van der Waals surface area contributed by atoms with Crippen LogP contribution in [0.1, 0.15) is 23.2 Å². The number of likely N-dealkylation sites (N-methyl/N-ethyl adjacent to an activating group) is 1. The molecule has 2 atom stereocenters. The molecule has 0 saturated carbocycles. The highest BCUT2D eigenvalue weighted by Gasteiger charge is 2.39. The number of piperidine rings is 1. The van der Waals surface area contributed by atoms with E-state index in [-0.39, 0.29) is 11.7 Å². The molecule has 2 aliphatic heterocycles. The summed E-state index contributed by atoms with van der Waals surface area (Å²) in [6.07, 6.45) is 3.37. The lowest BCUT2D eigenvalue weighted by Crippen LogP contribution is -2.55. The van der Waals surface area contributed by atoms with E-state index in [0.717, 1.165) is 26.1 Å². The van der Waals surface area contributed by atoms with Crippen LogP contribution in [-0.4, -0.2) is 55.1 Å². The number of hydrogen-bond donors (Lipinski definition) is 0. The second-order valence-corrected chi connectivity index (χ2v) is 5.63. The van der Waals surface area contributed by atoms with E-state index < -0.39 is 0 Å². The molecule has 20 heavy (non-hydrogen) atoms. The van der Waals surface area contributed by atoms with Gasteiger partial charge in [-0.2, -0.15) is 0 Å². The van der Waals surface area contributed by atoms with E-state index in [9.17, 15) is 4.79 Å². The Morgan fingerprint density at radius 2 is 2.10 bits per heavy atom. The van der Waals surface area contributed by atoms with Gasteiger partial charge in [-0.25, -0.2) is 4.98 Å². The van der Waals surface area contributed by atoms with E-state index in [4.69, 9.17) is 9.47 Å². The summed E-state index contributed by atoms with van der Waals surface area (Å²) in [5.74, 6) is 0.778. The van der Waals surface area contributed by atoms with E-state index in [1.54, 1.807) is 25.4 Å². The molecule has 108 valence electrons. The molecule has 5 nitrogen and oxygen atoms in total. The molecule has 0 radical (unpaired) electrons. The first-order chi connectivity index (χ1) is 9.69. The van der Waals surface area contributed by atoms with Crippen molar-refractivity contribution in [1.82, 2.24) is 9.88 Å². The Balaban J connectivity index is 1.77. The number of aromatic nitrogens is 1. The normalized spacial score (nSPS) is 30.0. The van der Waals surface area contributed by atoms with Crippen LogP contribution in [0, 0.1) is 5.92 Å². The largest absolute Gasteiger partial charge is 0.481 e. The van der Waals surface area contributed by atoms with Crippen LogP contribution in [0.3, 0.4) is 0 Å². The van der Waals surface area contributed by atoms with Gasteiger partial charge in [0, 0.05) is 35.8 Å². The SMILES string of the molecule is COc1cc(C(=O)C2CC3COCC(C2)N3C)ccn1. The van der Waals surface area contributed by atoms with Crippen LogP contribution in [0.2, 0.25) is 0 Å². The third kappa shape index (κ3) is 2.43. The Labute approximate surface area is 118 Å². The van der Waals surface area contributed by atoms with E-state index in [0.29, 0.717) is 23.5 Å². The number of Topliss-reactive ketones (excluding diaryl/α,β-unsaturated/α-hetero) is 1. The van der Waals surface area contributed by atoms with Crippen molar-refractivity contribution in [2.75, 3.05) is 27.4 Å². The molecular weight excluding hydrogens is 256 g/mol. The van der Waals surface area contributed by atoms with E-state index in [1.165, 1.54) is 0 Å². The number of rotatable bonds is 3. The first kappa shape index (κ1) is 13.5. The number of carbonyl (C=O) groups excluding carboxylic acids is 1. The Bertz CT molecular complexity index is 492. The average Bonchev–Trinajstić information content (AvgIpc) is 2.46. The Morgan fingerprint density at radius 1 is 1.40 bits per heavy atom. The van der Waals surface area contributed by atoms with Crippen molar-refractivity contribution < 1.29 is 14.3 Å². The number of carbonyl (C=O) groups is 1. The van der Waals surface area contributed by atoms with E-state index in [1.807, 2.05) is 0 Å². The van der Waals surface area contributed by atoms with E-state index >= 15 is 0 Å². The van der Waals surface area contributed by atoms with Gasteiger partial charge in [0.25, 0.3) is 0 Å². The van der Waals surface area contributed by atoms with Crippen molar-refractivity contribution in [2.45, 2.75) is 24.9 Å². The molecule has 5 heteroatoms. The van der Waals surface area contributed by atoms with Crippen LogP contribution >= 0.6 is 0 Å². The van der Waals surface area contributed by atoms with Gasteiger partial charge in [-0.3, -0.25) is 9.69 Å². The fourth-order valence-electron chi connectivity index (χ4n) is 3.22. The van der Waals surface area contributed by atoms with Crippen molar-refractivity contribution in [3.63, 3.8) is 0 Å². The summed E-state index contributed by atoms with van der Waals surface area (Å²) in [6.45, 7) is 1.47. The third-order valence-electron chi connectivity index (χ3n) is 4.48. The second kappa shape index (κ2) is 5.50. The van der Waals surface area contributed by atoms with Crippen LogP contribution in [0.25, 0.3) is 0 Å². The number of methoxy groups -OCH3 is 1. The Kier molecular flexibility index (Phi) is 3.72. The Morgan fingerprint density at radius 3 is 2.75 bits per heavy atom. The lowest BCUT2D eigenvalue weighted by atomic mass is 9.81. The first-order valence-electron chi connectivity index (χ1n) is 7.03. The van der Waals surface area contributed by atoms with Gasteiger partial charge in [0.05, 0.1) is 20.3 Å². The minimum Gasteiger partial charge on any atom is -0.481 e. The molecule has 1 aromatic rings. The number of ether oxygens (including phenoxy) is 2. The van der Waals surface area contributed by atoms with Crippen molar-refractivity contribution >= 4 is 5.78 Å². The highest BCUT2D eigenvalue weighted by Crippen LogP contribution is 2.32. The number of hydrogen-bond acceptors (Lipinski definition) is 5. The maximum absolute atomic E-state index is 12.7. The molecule has 2 bridgehead atoms. The average molecular weight is 276 g/mol. The molecule has 2 saturated heterocycles. The molecule has 0 N–H and O–H groups in total. The standard InChI is InChI=1S/C15H20N2O3/c1-17-12-5-11(6-13(17)9-20-8-12)15(18)10-3-4-16-14(7-10)19-2/h3-4,7,11-13H,5-6,8-9H2,1-2H3. The lowest BCUT2D eigenvalue weighted by Gasteiger charge is -2.46. The quantitative estimate of drug-likeness (QED) is 0.781. The van der Waals surface area contributed by atoms with Crippen molar-refractivity contribution in [3.8, 4) is 5.88 Å². The summed E-state index contributed by atoms with van der Waals surface area (Å²) >= 11 is 0. The van der Waals surface area contributed by atoms with Gasteiger partial charge >= 0.3 is 0 Å². The zero-order chi connectivity index (χ0) is 14.1. The summed E-state index contributed by atoms with van der Waals surface area (Å²) in [6, 6.07) is 4.22. The van der Waals surface area contributed by atoms with Gasteiger partial charge in [0.1, 0.15) is 0 Å². The van der Waals surface area contributed by atoms with Crippen molar-refractivity contribution in [1.29, 1.82) is 0 Å². The Hall–Kier alpha value is -1.46. The van der Waals surface area contributed by atoms with Crippen LogP contribution in [0.4, 0.5) is 0 Å². The smallest absolute Gasteiger partial charge is 0.213 e. The van der Waals surface area contributed by atoms with Crippen LogP contribution < -0.4 is 4.74 Å². The molecule has 0 spiro atoms. The fraction of sp³-hybridized carbons (Fsp3) is 0.600. The zero-order valence-electron chi connectivity index (χ0n) is 11.9. The molecule has 0 aliphatic carbocycles. The van der Waals surface area contributed by atoms with Crippen LogP contribution in [0.15, 0.2) is 18.3 Å². The topological polar surface area (TPSA) is 51.7 Å². The summed E-state index contributed by atoms with van der Waals surface area (Å²) < 4.78 is 10.7. The van der Waals surface area contributed by atoms with Crippen LogP contribution in [-0.2, 0) is 4.74 Å². The molecule has 0 aromatic carbocycles. The second-order valence-electron chi connectivity index (χ2n) is 5.63. The van der Waals surface area contributed by atoms with Crippen molar-refractivity contribution in [3.05, 3.63) is 23.9 Å². The monoisotopic (exact) mass is 276 g/mol. The lowest BCUT2D eigenvalue weighted by molar-refractivity contribution is -0.0702. The van der Waals surface area contributed by atoms with Gasteiger partial charge in [-0.05, 0) is 26.0 Å². The summed E-state index contributed by atoms with van der Waals surface area (Å²) in [7, 11) is 3.70. The molecule has 2 fully saturated rings. The summed E-state index contributed by atoms with van der Waals surface area (Å²) in [4.78, 5) is 19.1. The predicted octanol–water partition coefficient (Wildman–Crippen LogP) is 1.38. The number of ketones is 1. The maximum Gasteiger partial charge on any atom is 0.213 e. The van der Waals surface area contributed by atoms with Gasteiger partial charge < -0.3 is 9.47 Å². The number of nitrogens with zero attached hydrogens (tertiary/aromatic N) is 2. The number of morpholine rings is 1. The van der Waals surface area contributed by atoms with Gasteiger partial charge in [0.15, 0.2) is 5.78 Å². The molecule has 3 rings (SSSR count). The van der Waals surface area contributed by atoms with Gasteiger partial charge in [0.2, 0.25) is 5.88 Å². The van der Waals surface area contributed by atoms with E-state index in [2.05, 4.69) is 16.9 Å². The minimum absolute atomic E-state index is 0.0807. The first-order valence-corrected chi connectivity index (χ1v) is 7.03. The van der Waals surface area contributed by atoms with Crippen molar-refractivity contribution in [2.24, 2.45) is 5.92 Å². The molecule has 2 unspecified atom stereocenters. The van der Waals surface area contributed by atoms with Crippen LogP contribution in [0.5, 0.6) is 5.88 Å². The molecule has 0 amide bonds. The van der Waals surface area contributed by atoms with Gasteiger partial charge in [-0.15, -0.1) is 0 Å². The summed E-state index contributed by atoms with van der Waals surface area (Å²) in [5, 5.41) is 0. The molecule has 2 aliphatic rings.